The average Bonchev–Trinajstić information content (AvgIpc) is 2.58. The summed E-state index contributed by atoms with van der Waals surface area (Å²) < 4.78 is 23.8. The first-order valence-electron chi connectivity index (χ1n) is 9.56. The quantitative estimate of drug-likeness (QED) is 0.366. The van der Waals surface area contributed by atoms with Crippen LogP contribution in [0.15, 0.2) is 29.3 Å². The molecule has 8 heteroatoms. The third-order valence-corrected chi connectivity index (χ3v) is 7.71. The first-order valence-corrected chi connectivity index (χ1v) is 11.2. The maximum absolute atomic E-state index is 12.3. The summed E-state index contributed by atoms with van der Waals surface area (Å²) in [5, 5.41) is 3.33. The first-order chi connectivity index (χ1) is 12.6. The highest BCUT2D eigenvalue weighted by atomic mass is 127. The van der Waals surface area contributed by atoms with Gasteiger partial charge in [0.15, 0.2) is 15.8 Å². The Bertz CT molecular complexity index is 761. The van der Waals surface area contributed by atoms with Crippen LogP contribution in [-0.4, -0.2) is 75.0 Å². The second-order valence-electron chi connectivity index (χ2n) is 8.08. The van der Waals surface area contributed by atoms with Crippen molar-refractivity contribution in [2.45, 2.75) is 38.5 Å². The Kier molecular flexibility index (Phi) is 9.21. The lowest BCUT2D eigenvalue weighted by Crippen LogP contribution is -2.57. The van der Waals surface area contributed by atoms with Crippen molar-refractivity contribution in [1.82, 2.24) is 15.1 Å². The van der Waals surface area contributed by atoms with Crippen LogP contribution in [0.25, 0.3) is 0 Å². The molecule has 2 rings (SSSR count). The standard InChI is InChI=1S/C20H34N4O2S.HI/c1-7-21-19(24-12-13-27(25,26)20(3,4)15-24)22-14-18(23(5)6)17-10-8-16(2)9-11-17;/h8-11,18H,7,12-15H2,1-6H3,(H,21,22);1H. The number of nitrogens with zero attached hydrogens (tertiary/aromatic N) is 3. The number of nitrogens with one attached hydrogen (secondary N) is 1. The molecular formula is C20H35IN4O2S. The fourth-order valence-corrected chi connectivity index (χ4v) is 4.64. The molecular weight excluding hydrogens is 487 g/mol. The Balaban J connectivity index is 0.00000392. The van der Waals surface area contributed by atoms with Gasteiger partial charge in [-0.2, -0.15) is 0 Å². The molecule has 1 aliphatic heterocycles. The van der Waals surface area contributed by atoms with Gasteiger partial charge in [-0.15, -0.1) is 24.0 Å². The topological polar surface area (TPSA) is 65.0 Å². The van der Waals surface area contributed by atoms with Gasteiger partial charge in [0.25, 0.3) is 0 Å². The summed E-state index contributed by atoms with van der Waals surface area (Å²) in [6.07, 6.45) is 0. The molecule has 1 heterocycles. The number of rotatable bonds is 5. The second-order valence-corrected chi connectivity index (χ2v) is 10.8. The third kappa shape index (κ3) is 6.06. The van der Waals surface area contributed by atoms with Crippen LogP contribution in [0.5, 0.6) is 0 Å². The molecule has 0 amide bonds. The van der Waals surface area contributed by atoms with E-state index >= 15 is 0 Å². The van der Waals surface area contributed by atoms with Gasteiger partial charge in [0.2, 0.25) is 0 Å². The van der Waals surface area contributed by atoms with E-state index in [2.05, 4.69) is 60.4 Å². The molecule has 0 saturated carbocycles. The summed E-state index contributed by atoms with van der Waals surface area (Å²) in [6.45, 7) is 10.0. The van der Waals surface area contributed by atoms with Crippen LogP contribution in [0.1, 0.15) is 37.9 Å². The number of halogens is 1. The lowest BCUT2D eigenvalue weighted by atomic mass is 10.0. The molecule has 1 saturated heterocycles. The predicted molar refractivity (Wildman–Crippen MR) is 128 cm³/mol. The Hall–Kier alpha value is -0.870. The van der Waals surface area contributed by atoms with Gasteiger partial charge in [0.1, 0.15) is 0 Å². The van der Waals surface area contributed by atoms with Crippen molar-refractivity contribution in [2.24, 2.45) is 4.99 Å². The molecule has 1 aliphatic rings. The summed E-state index contributed by atoms with van der Waals surface area (Å²) in [4.78, 5) is 9.11. The van der Waals surface area contributed by atoms with Gasteiger partial charge in [-0.05, 0) is 47.4 Å². The Morgan fingerprint density at radius 1 is 1.29 bits per heavy atom. The molecule has 0 aromatic heterocycles. The predicted octanol–water partition coefficient (Wildman–Crippen LogP) is 2.69. The van der Waals surface area contributed by atoms with E-state index in [0.717, 1.165) is 12.5 Å². The van der Waals surface area contributed by atoms with Gasteiger partial charge in [0.05, 0.1) is 23.1 Å². The summed E-state index contributed by atoms with van der Waals surface area (Å²) in [5.74, 6) is 0.957. The Morgan fingerprint density at radius 2 is 1.89 bits per heavy atom. The maximum atomic E-state index is 12.3. The van der Waals surface area contributed by atoms with Crippen LogP contribution in [0.2, 0.25) is 0 Å². The summed E-state index contributed by atoms with van der Waals surface area (Å²) in [7, 11) is 1.05. The molecule has 1 aromatic carbocycles. The maximum Gasteiger partial charge on any atom is 0.194 e. The van der Waals surface area contributed by atoms with Crippen molar-refractivity contribution < 1.29 is 8.42 Å². The van der Waals surface area contributed by atoms with Crippen molar-refractivity contribution in [2.75, 3.05) is 46.0 Å². The zero-order chi connectivity index (χ0) is 20.2. The molecule has 0 spiro atoms. The molecule has 1 aromatic rings. The molecule has 1 unspecified atom stereocenters. The van der Waals surface area contributed by atoms with Crippen molar-refractivity contribution in [3.05, 3.63) is 35.4 Å². The smallest absolute Gasteiger partial charge is 0.194 e. The monoisotopic (exact) mass is 522 g/mol. The van der Waals surface area contributed by atoms with E-state index < -0.39 is 14.6 Å². The average molecular weight is 522 g/mol. The fraction of sp³-hybridized carbons (Fsp3) is 0.650. The SMILES string of the molecule is CCNC(=NCC(c1ccc(C)cc1)N(C)C)N1CCS(=O)(=O)C(C)(C)C1.I. The van der Waals surface area contributed by atoms with E-state index in [0.29, 0.717) is 19.6 Å². The van der Waals surface area contributed by atoms with Crippen LogP contribution in [0.3, 0.4) is 0 Å². The highest BCUT2D eigenvalue weighted by Crippen LogP contribution is 2.24. The van der Waals surface area contributed by atoms with Crippen LogP contribution < -0.4 is 5.32 Å². The molecule has 1 N–H and O–H groups in total. The highest BCUT2D eigenvalue weighted by molar-refractivity contribution is 14.0. The molecule has 0 radical (unpaired) electrons. The van der Waals surface area contributed by atoms with Gasteiger partial charge in [0, 0.05) is 19.6 Å². The zero-order valence-corrected chi connectivity index (χ0v) is 21.0. The molecule has 160 valence electrons. The Labute approximate surface area is 187 Å². The minimum atomic E-state index is -3.07. The van der Waals surface area contributed by atoms with Crippen LogP contribution in [0.4, 0.5) is 0 Å². The van der Waals surface area contributed by atoms with Gasteiger partial charge >= 0.3 is 0 Å². The van der Waals surface area contributed by atoms with Gasteiger partial charge in [-0.25, -0.2) is 8.42 Å². The third-order valence-electron chi connectivity index (χ3n) is 5.18. The fourth-order valence-electron chi connectivity index (χ4n) is 3.28. The molecule has 1 atom stereocenters. The van der Waals surface area contributed by atoms with E-state index in [1.54, 1.807) is 13.8 Å². The van der Waals surface area contributed by atoms with Crippen molar-refractivity contribution in [1.29, 1.82) is 0 Å². The van der Waals surface area contributed by atoms with Gasteiger partial charge < -0.3 is 15.1 Å². The molecule has 0 aliphatic carbocycles. The normalized spacial score (nSPS) is 19.8. The van der Waals surface area contributed by atoms with E-state index in [9.17, 15) is 8.42 Å². The number of hydrogen-bond acceptors (Lipinski definition) is 4. The van der Waals surface area contributed by atoms with Crippen LogP contribution in [-0.2, 0) is 9.84 Å². The van der Waals surface area contributed by atoms with E-state index in [1.807, 2.05) is 6.92 Å². The van der Waals surface area contributed by atoms with Crippen molar-refractivity contribution >= 4 is 39.8 Å². The van der Waals surface area contributed by atoms with Crippen LogP contribution in [0, 0.1) is 6.92 Å². The molecule has 6 nitrogen and oxygen atoms in total. The molecule has 28 heavy (non-hydrogen) atoms. The van der Waals surface area contributed by atoms with Gasteiger partial charge in [-0.3, -0.25) is 4.99 Å². The number of hydrogen-bond donors (Lipinski definition) is 1. The number of aliphatic imine (C=N–C) groups is 1. The molecule has 0 bridgehead atoms. The number of aryl methyl sites for hydroxylation is 1. The lowest BCUT2D eigenvalue weighted by molar-refractivity contribution is 0.303. The van der Waals surface area contributed by atoms with E-state index in [4.69, 9.17) is 4.99 Å². The number of benzene rings is 1. The zero-order valence-electron chi connectivity index (χ0n) is 17.9. The van der Waals surface area contributed by atoms with Crippen LogP contribution >= 0.6 is 24.0 Å². The lowest BCUT2D eigenvalue weighted by Gasteiger charge is -2.39. The first kappa shape index (κ1) is 25.2. The Morgan fingerprint density at radius 3 is 2.39 bits per heavy atom. The number of likely N-dealkylation sites (N-methyl/N-ethyl adjacent to an activating group) is 1. The summed E-state index contributed by atoms with van der Waals surface area (Å²) in [6, 6.07) is 8.72. The van der Waals surface area contributed by atoms with Crippen molar-refractivity contribution in [3.8, 4) is 0 Å². The van der Waals surface area contributed by atoms with E-state index in [-0.39, 0.29) is 35.8 Å². The summed E-state index contributed by atoms with van der Waals surface area (Å²) in [5.41, 5.74) is 2.47. The largest absolute Gasteiger partial charge is 0.357 e. The minimum absolute atomic E-state index is 0. The van der Waals surface area contributed by atoms with Crippen molar-refractivity contribution in [3.63, 3.8) is 0 Å². The summed E-state index contributed by atoms with van der Waals surface area (Å²) >= 11 is 0. The van der Waals surface area contributed by atoms with E-state index in [1.165, 1.54) is 11.1 Å². The highest BCUT2D eigenvalue weighted by Gasteiger charge is 2.41. The van der Waals surface area contributed by atoms with Gasteiger partial charge in [-0.1, -0.05) is 29.8 Å². The molecule has 1 fully saturated rings. The number of guanidine groups is 1. The number of sulfone groups is 1. The second kappa shape index (κ2) is 10.2. The minimum Gasteiger partial charge on any atom is -0.357 e.